The molecule has 0 saturated carbocycles. The van der Waals surface area contributed by atoms with Crippen LogP contribution in [-0.4, -0.2) is 44.0 Å². The standard InChI is InChI=1S/C14H17N5O3/c1-22-8-12-17-13-6-5-9(7-19(13)18-12)15-11-4-2-3-10(16-11)14(20)21/h2-4,9H,5-8H2,1H3,(H,15,16)(H,20,21). The number of fused-ring (bicyclic) bond motifs is 1. The Morgan fingerprint density at radius 2 is 2.36 bits per heavy atom. The van der Waals surface area contributed by atoms with Gasteiger partial charge >= 0.3 is 5.97 Å². The van der Waals surface area contributed by atoms with Gasteiger partial charge < -0.3 is 15.2 Å². The van der Waals surface area contributed by atoms with E-state index in [1.165, 1.54) is 6.07 Å². The minimum atomic E-state index is -1.03. The first-order chi connectivity index (χ1) is 10.7. The van der Waals surface area contributed by atoms with Crippen molar-refractivity contribution in [3.05, 3.63) is 35.5 Å². The van der Waals surface area contributed by atoms with Gasteiger partial charge in [0, 0.05) is 19.6 Å². The third kappa shape index (κ3) is 3.06. The molecule has 0 fully saturated rings. The Morgan fingerprint density at radius 1 is 1.50 bits per heavy atom. The number of aryl methyl sites for hydroxylation is 1. The summed E-state index contributed by atoms with van der Waals surface area (Å²) in [5.74, 6) is 1.17. The lowest BCUT2D eigenvalue weighted by molar-refractivity contribution is 0.0690. The number of methoxy groups -OCH3 is 1. The molecule has 2 aromatic heterocycles. The summed E-state index contributed by atoms with van der Waals surface area (Å²) in [5, 5.41) is 16.6. The van der Waals surface area contributed by atoms with Crippen LogP contribution in [0.2, 0.25) is 0 Å². The van der Waals surface area contributed by atoms with E-state index >= 15 is 0 Å². The van der Waals surface area contributed by atoms with Gasteiger partial charge in [0.1, 0.15) is 18.2 Å². The fourth-order valence-electron chi connectivity index (χ4n) is 2.51. The van der Waals surface area contributed by atoms with Crippen LogP contribution in [0.3, 0.4) is 0 Å². The fraction of sp³-hybridized carbons (Fsp3) is 0.429. The lowest BCUT2D eigenvalue weighted by Crippen LogP contribution is -2.32. The van der Waals surface area contributed by atoms with Crippen LogP contribution in [0.4, 0.5) is 5.82 Å². The van der Waals surface area contributed by atoms with E-state index in [-0.39, 0.29) is 11.7 Å². The first-order valence-corrected chi connectivity index (χ1v) is 7.04. The number of aromatic nitrogens is 4. The molecule has 0 bridgehead atoms. The quantitative estimate of drug-likeness (QED) is 0.847. The molecule has 3 heterocycles. The molecule has 2 N–H and O–H groups in total. The maximum absolute atomic E-state index is 10.9. The zero-order valence-corrected chi connectivity index (χ0v) is 12.2. The van der Waals surface area contributed by atoms with Gasteiger partial charge in [-0.1, -0.05) is 6.07 Å². The van der Waals surface area contributed by atoms with E-state index in [0.717, 1.165) is 18.7 Å². The average molecular weight is 303 g/mol. The number of nitrogens with zero attached hydrogens (tertiary/aromatic N) is 4. The molecule has 0 saturated heterocycles. The summed E-state index contributed by atoms with van der Waals surface area (Å²) in [4.78, 5) is 19.5. The van der Waals surface area contributed by atoms with Gasteiger partial charge in [-0.2, -0.15) is 5.10 Å². The van der Waals surface area contributed by atoms with Gasteiger partial charge in [-0.25, -0.2) is 19.4 Å². The SMILES string of the molecule is COCc1nc2n(n1)CC(Nc1cccc(C(=O)O)n1)CC2. The molecular weight excluding hydrogens is 286 g/mol. The van der Waals surface area contributed by atoms with Crippen LogP contribution in [-0.2, 0) is 24.3 Å². The van der Waals surface area contributed by atoms with Gasteiger partial charge in [-0.3, -0.25) is 0 Å². The molecule has 0 spiro atoms. The number of carbonyl (C=O) groups is 1. The zero-order chi connectivity index (χ0) is 15.5. The third-order valence-electron chi connectivity index (χ3n) is 3.50. The summed E-state index contributed by atoms with van der Waals surface area (Å²) in [6, 6.07) is 5.06. The Morgan fingerprint density at radius 3 is 3.14 bits per heavy atom. The van der Waals surface area contributed by atoms with Crippen LogP contribution >= 0.6 is 0 Å². The summed E-state index contributed by atoms with van der Waals surface area (Å²) in [6.07, 6.45) is 1.71. The summed E-state index contributed by atoms with van der Waals surface area (Å²) in [6.45, 7) is 1.07. The van der Waals surface area contributed by atoms with E-state index in [1.807, 2.05) is 4.68 Å². The van der Waals surface area contributed by atoms with E-state index in [0.29, 0.717) is 24.8 Å². The number of hydrogen-bond donors (Lipinski definition) is 2. The van der Waals surface area contributed by atoms with Crippen molar-refractivity contribution in [3.8, 4) is 0 Å². The van der Waals surface area contributed by atoms with E-state index < -0.39 is 5.97 Å². The van der Waals surface area contributed by atoms with Crippen molar-refractivity contribution < 1.29 is 14.6 Å². The fourth-order valence-corrected chi connectivity index (χ4v) is 2.51. The first kappa shape index (κ1) is 14.5. The van der Waals surface area contributed by atoms with Crippen LogP contribution in [0.5, 0.6) is 0 Å². The van der Waals surface area contributed by atoms with Crippen LogP contribution in [0.1, 0.15) is 28.6 Å². The predicted molar refractivity (Wildman–Crippen MR) is 77.7 cm³/mol. The summed E-state index contributed by atoms with van der Waals surface area (Å²) >= 11 is 0. The van der Waals surface area contributed by atoms with Crippen LogP contribution in [0, 0.1) is 0 Å². The molecule has 1 unspecified atom stereocenters. The van der Waals surface area contributed by atoms with E-state index in [4.69, 9.17) is 9.84 Å². The maximum atomic E-state index is 10.9. The Balaban J connectivity index is 1.69. The Kier molecular flexibility index (Phi) is 4.01. The number of carboxylic acids is 1. The van der Waals surface area contributed by atoms with Gasteiger partial charge in [-0.05, 0) is 18.6 Å². The van der Waals surface area contributed by atoms with Crippen LogP contribution < -0.4 is 5.32 Å². The second kappa shape index (κ2) is 6.10. The molecular formula is C14H17N5O3. The van der Waals surface area contributed by atoms with Gasteiger partial charge in [0.2, 0.25) is 0 Å². The largest absolute Gasteiger partial charge is 0.477 e. The highest BCUT2D eigenvalue weighted by Crippen LogP contribution is 2.17. The highest BCUT2D eigenvalue weighted by atomic mass is 16.5. The van der Waals surface area contributed by atoms with Gasteiger partial charge in [0.05, 0.1) is 6.54 Å². The molecule has 0 radical (unpaired) electrons. The topological polar surface area (TPSA) is 102 Å². The van der Waals surface area contributed by atoms with Crippen molar-refractivity contribution >= 4 is 11.8 Å². The van der Waals surface area contributed by atoms with Crippen molar-refractivity contribution in [2.24, 2.45) is 0 Å². The van der Waals surface area contributed by atoms with Crippen molar-refractivity contribution in [2.45, 2.75) is 32.0 Å². The molecule has 22 heavy (non-hydrogen) atoms. The number of carboxylic acid groups (broad SMARTS) is 1. The van der Waals surface area contributed by atoms with Crippen molar-refractivity contribution in [3.63, 3.8) is 0 Å². The van der Waals surface area contributed by atoms with Crippen molar-refractivity contribution in [1.82, 2.24) is 19.7 Å². The number of hydrogen-bond acceptors (Lipinski definition) is 6. The molecule has 8 heteroatoms. The molecule has 1 aliphatic heterocycles. The minimum Gasteiger partial charge on any atom is -0.477 e. The lowest BCUT2D eigenvalue weighted by atomic mass is 10.1. The number of pyridine rings is 1. The number of aromatic carboxylic acids is 1. The van der Waals surface area contributed by atoms with Gasteiger partial charge in [0.25, 0.3) is 0 Å². The highest BCUT2D eigenvalue weighted by Gasteiger charge is 2.22. The van der Waals surface area contributed by atoms with Gasteiger partial charge in [0.15, 0.2) is 11.5 Å². The Labute approximate surface area is 127 Å². The lowest BCUT2D eigenvalue weighted by Gasteiger charge is -2.24. The summed E-state index contributed by atoms with van der Waals surface area (Å²) in [5.41, 5.74) is 0.0321. The minimum absolute atomic E-state index is 0.0321. The first-order valence-electron chi connectivity index (χ1n) is 7.04. The monoisotopic (exact) mass is 303 g/mol. The number of anilines is 1. The van der Waals surface area contributed by atoms with E-state index in [9.17, 15) is 4.79 Å². The van der Waals surface area contributed by atoms with Gasteiger partial charge in [-0.15, -0.1) is 0 Å². The van der Waals surface area contributed by atoms with E-state index in [2.05, 4.69) is 20.4 Å². The number of nitrogens with one attached hydrogen (secondary N) is 1. The molecule has 8 nitrogen and oxygen atoms in total. The molecule has 3 rings (SSSR count). The Bertz CT molecular complexity index is 685. The molecule has 1 aliphatic rings. The second-order valence-corrected chi connectivity index (χ2v) is 5.15. The normalized spacial score (nSPS) is 17.0. The average Bonchev–Trinajstić information content (AvgIpc) is 2.89. The predicted octanol–water partition coefficient (Wildman–Crippen LogP) is 0.945. The Hall–Kier alpha value is -2.48. The highest BCUT2D eigenvalue weighted by molar-refractivity contribution is 5.85. The molecule has 0 aliphatic carbocycles. The molecule has 2 aromatic rings. The zero-order valence-electron chi connectivity index (χ0n) is 12.2. The smallest absolute Gasteiger partial charge is 0.354 e. The molecule has 1 atom stereocenters. The summed E-state index contributed by atoms with van der Waals surface area (Å²) < 4.78 is 6.92. The van der Waals surface area contributed by atoms with Crippen LogP contribution in [0.15, 0.2) is 18.2 Å². The second-order valence-electron chi connectivity index (χ2n) is 5.15. The summed E-state index contributed by atoms with van der Waals surface area (Å²) in [7, 11) is 1.62. The number of ether oxygens (including phenoxy) is 1. The van der Waals surface area contributed by atoms with Crippen molar-refractivity contribution in [1.29, 1.82) is 0 Å². The van der Waals surface area contributed by atoms with Crippen LogP contribution in [0.25, 0.3) is 0 Å². The van der Waals surface area contributed by atoms with Crippen molar-refractivity contribution in [2.75, 3.05) is 12.4 Å². The number of rotatable bonds is 5. The third-order valence-corrected chi connectivity index (χ3v) is 3.50. The van der Waals surface area contributed by atoms with E-state index in [1.54, 1.807) is 19.2 Å². The maximum Gasteiger partial charge on any atom is 0.354 e. The molecule has 116 valence electrons. The molecule has 0 amide bonds. The molecule has 0 aromatic carbocycles.